The van der Waals surface area contributed by atoms with Gasteiger partial charge in [0.1, 0.15) is 0 Å². The van der Waals surface area contributed by atoms with Crippen LogP contribution in [-0.4, -0.2) is 23.9 Å². The molecule has 102 valence electrons. The highest BCUT2D eigenvalue weighted by Crippen LogP contribution is 2.08. The van der Waals surface area contributed by atoms with Crippen LogP contribution in [0, 0.1) is 11.3 Å². The lowest BCUT2D eigenvalue weighted by molar-refractivity contribution is -0.130. The number of nitriles is 1. The minimum atomic E-state index is 0.130. The molecule has 0 heterocycles. The van der Waals surface area contributed by atoms with Crippen molar-refractivity contribution in [2.45, 2.75) is 38.8 Å². The lowest BCUT2D eigenvalue weighted by Crippen LogP contribution is -2.26. The molecule has 0 aromatic heterocycles. The molecular formula is C15H21N3O. The Kier molecular flexibility index (Phi) is 6.04. The number of carbonyl (C=O) groups excluding carboxylic acids is 1. The fraction of sp³-hybridized carbons (Fsp3) is 0.467. The molecular weight excluding hydrogens is 238 g/mol. The van der Waals surface area contributed by atoms with Crippen LogP contribution < -0.4 is 5.73 Å². The van der Waals surface area contributed by atoms with Crippen LogP contribution in [-0.2, 0) is 11.3 Å². The molecule has 1 amide bonds. The van der Waals surface area contributed by atoms with E-state index < -0.39 is 0 Å². The highest BCUT2D eigenvalue weighted by atomic mass is 16.2. The maximum absolute atomic E-state index is 11.9. The van der Waals surface area contributed by atoms with Crippen molar-refractivity contribution in [1.82, 2.24) is 4.90 Å². The van der Waals surface area contributed by atoms with Crippen molar-refractivity contribution in [2.24, 2.45) is 5.73 Å². The fourth-order valence-electron chi connectivity index (χ4n) is 1.81. The summed E-state index contributed by atoms with van der Waals surface area (Å²) in [6.07, 6.45) is 2.24. The monoisotopic (exact) mass is 259 g/mol. The number of carbonyl (C=O) groups is 1. The van der Waals surface area contributed by atoms with Gasteiger partial charge < -0.3 is 10.6 Å². The van der Waals surface area contributed by atoms with Gasteiger partial charge in [0.05, 0.1) is 11.6 Å². The van der Waals surface area contributed by atoms with Crippen LogP contribution in [0.3, 0.4) is 0 Å². The first-order valence-corrected chi connectivity index (χ1v) is 6.51. The average Bonchev–Trinajstić information content (AvgIpc) is 2.39. The van der Waals surface area contributed by atoms with Gasteiger partial charge in [-0.3, -0.25) is 4.79 Å². The molecule has 0 fully saturated rings. The van der Waals surface area contributed by atoms with Crippen molar-refractivity contribution < 1.29 is 4.79 Å². The predicted octanol–water partition coefficient (Wildman–Crippen LogP) is 2.03. The van der Waals surface area contributed by atoms with Gasteiger partial charge in [0.2, 0.25) is 5.91 Å². The molecule has 0 bridgehead atoms. The second-order valence-electron chi connectivity index (χ2n) is 4.93. The van der Waals surface area contributed by atoms with E-state index >= 15 is 0 Å². The molecule has 0 saturated carbocycles. The summed E-state index contributed by atoms with van der Waals surface area (Å²) in [4.78, 5) is 13.6. The summed E-state index contributed by atoms with van der Waals surface area (Å²) in [7, 11) is 1.80. The molecule has 1 unspecified atom stereocenters. The third-order valence-electron chi connectivity index (χ3n) is 2.98. The third kappa shape index (κ3) is 5.54. The first-order chi connectivity index (χ1) is 9.02. The van der Waals surface area contributed by atoms with Gasteiger partial charge >= 0.3 is 0 Å². The molecule has 2 N–H and O–H groups in total. The number of amides is 1. The molecule has 0 aliphatic heterocycles. The van der Waals surface area contributed by atoms with Gasteiger partial charge in [-0.2, -0.15) is 5.26 Å². The second-order valence-corrected chi connectivity index (χ2v) is 4.93. The molecule has 0 saturated heterocycles. The molecule has 0 spiro atoms. The second kappa shape index (κ2) is 7.55. The van der Waals surface area contributed by atoms with E-state index in [0.717, 1.165) is 18.4 Å². The van der Waals surface area contributed by atoms with Gasteiger partial charge in [0.15, 0.2) is 0 Å². The highest BCUT2D eigenvalue weighted by molar-refractivity contribution is 5.75. The van der Waals surface area contributed by atoms with E-state index in [1.54, 1.807) is 24.1 Å². The third-order valence-corrected chi connectivity index (χ3v) is 2.98. The lowest BCUT2D eigenvalue weighted by atomic mass is 10.1. The number of nitrogens with two attached hydrogens (primary N) is 1. The first-order valence-electron chi connectivity index (χ1n) is 6.51. The standard InChI is InChI=1S/C15H21N3O/c1-12(17)4-3-5-15(19)18(2)11-14-8-6-13(10-16)7-9-14/h6-9,12H,3-5,11,17H2,1-2H3. The summed E-state index contributed by atoms with van der Waals surface area (Å²) in [5.74, 6) is 0.130. The van der Waals surface area contributed by atoms with Crippen molar-refractivity contribution in [1.29, 1.82) is 5.26 Å². The maximum atomic E-state index is 11.9. The van der Waals surface area contributed by atoms with E-state index in [0.29, 0.717) is 18.5 Å². The lowest BCUT2D eigenvalue weighted by Gasteiger charge is -2.17. The van der Waals surface area contributed by atoms with Crippen LogP contribution in [0.2, 0.25) is 0 Å². The molecule has 4 heteroatoms. The topological polar surface area (TPSA) is 70.1 Å². The zero-order valence-corrected chi connectivity index (χ0v) is 11.6. The molecule has 1 rings (SSSR count). The summed E-state index contributed by atoms with van der Waals surface area (Å²) >= 11 is 0. The van der Waals surface area contributed by atoms with E-state index in [-0.39, 0.29) is 11.9 Å². The Morgan fingerprint density at radius 3 is 2.58 bits per heavy atom. The fourth-order valence-corrected chi connectivity index (χ4v) is 1.81. The SMILES string of the molecule is CC(N)CCCC(=O)N(C)Cc1ccc(C#N)cc1. The quantitative estimate of drug-likeness (QED) is 0.849. The number of hydrogen-bond acceptors (Lipinski definition) is 3. The summed E-state index contributed by atoms with van der Waals surface area (Å²) in [6, 6.07) is 9.52. The van der Waals surface area contributed by atoms with Crippen LogP contribution in [0.15, 0.2) is 24.3 Å². The van der Waals surface area contributed by atoms with Crippen molar-refractivity contribution in [2.75, 3.05) is 7.05 Å². The minimum absolute atomic E-state index is 0.130. The van der Waals surface area contributed by atoms with Gasteiger partial charge in [0.25, 0.3) is 0 Å². The Bertz CT molecular complexity index is 445. The minimum Gasteiger partial charge on any atom is -0.341 e. The van der Waals surface area contributed by atoms with Crippen LogP contribution >= 0.6 is 0 Å². The smallest absolute Gasteiger partial charge is 0.222 e. The number of benzene rings is 1. The van der Waals surface area contributed by atoms with Gasteiger partial charge in [-0.1, -0.05) is 12.1 Å². The van der Waals surface area contributed by atoms with E-state index in [1.165, 1.54) is 0 Å². The number of nitrogens with zero attached hydrogens (tertiary/aromatic N) is 2. The Balaban J connectivity index is 2.42. The Labute approximate surface area is 114 Å². The van der Waals surface area contributed by atoms with Crippen LogP contribution in [0.1, 0.15) is 37.3 Å². The van der Waals surface area contributed by atoms with Gasteiger partial charge in [-0.15, -0.1) is 0 Å². The van der Waals surface area contributed by atoms with Crippen LogP contribution in [0.25, 0.3) is 0 Å². The highest BCUT2D eigenvalue weighted by Gasteiger charge is 2.09. The normalized spacial score (nSPS) is 11.7. The van der Waals surface area contributed by atoms with Crippen molar-refractivity contribution in [3.63, 3.8) is 0 Å². The van der Waals surface area contributed by atoms with E-state index in [2.05, 4.69) is 6.07 Å². The zero-order chi connectivity index (χ0) is 14.3. The van der Waals surface area contributed by atoms with E-state index in [1.807, 2.05) is 19.1 Å². The predicted molar refractivity (Wildman–Crippen MR) is 75.1 cm³/mol. The largest absolute Gasteiger partial charge is 0.341 e. The molecule has 1 atom stereocenters. The van der Waals surface area contributed by atoms with Crippen LogP contribution in [0.4, 0.5) is 0 Å². The first kappa shape index (κ1) is 15.2. The van der Waals surface area contributed by atoms with Gasteiger partial charge in [-0.25, -0.2) is 0 Å². The molecule has 19 heavy (non-hydrogen) atoms. The molecule has 1 aromatic carbocycles. The summed E-state index contributed by atoms with van der Waals surface area (Å²) in [5, 5.41) is 8.72. The van der Waals surface area contributed by atoms with Crippen molar-refractivity contribution in [3.05, 3.63) is 35.4 Å². The molecule has 0 radical (unpaired) electrons. The molecule has 1 aromatic rings. The summed E-state index contributed by atoms with van der Waals surface area (Å²) in [5.41, 5.74) is 7.32. The average molecular weight is 259 g/mol. The molecule has 0 aliphatic rings. The molecule has 4 nitrogen and oxygen atoms in total. The van der Waals surface area contributed by atoms with E-state index in [9.17, 15) is 4.79 Å². The van der Waals surface area contributed by atoms with Gasteiger partial charge in [-0.05, 0) is 37.5 Å². The zero-order valence-electron chi connectivity index (χ0n) is 11.6. The van der Waals surface area contributed by atoms with Crippen molar-refractivity contribution in [3.8, 4) is 6.07 Å². The molecule has 0 aliphatic carbocycles. The van der Waals surface area contributed by atoms with Gasteiger partial charge in [0, 0.05) is 26.1 Å². The van der Waals surface area contributed by atoms with Crippen LogP contribution in [0.5, 0.6) is 0 Å². The Morgan fingerprint density at radius 2 is 2.05 bits per heavy atom. The maximum Gasteiger partial charge on any atom is 0.222 e. The van der Waals surface area contributed by atoms with E-state index in [4.69, 9.17) is 11.0 Å². The summed E-state index contributed by atoms with van der Waals surface area (Å²) in [6.45, 7) is 2.52. The Hall–Kier alpha value is -1.86. The number of hydrogen-bond donors (Lipinski definition) is 1. The Morgan fingerprint density at radius 1 is 1.42 bits per heavy atom. The summed E-state index contributed by atoms with van der Waals surface area (Å²) < 4.78 is 0. The number of rotatable bonds is 6. The van der Waals surface area contributed by atoms with Crippen molar-refractivity contribution >= 4 is 5.91 Å².